The van der Waals surface area contributed by atoms with Crippen molar-refractivity contribution in [1.82, 2.24) is 4.90 Å². The summed E-state index contributed by atoms with van der Waals surface area (Å²) >= 11 is 0. The number of rotatable bonds is 5. The molecule has 1 aromatic heterocycles. The van der Waals surface area contributed by atoms with Crippen LogP contribution in [0.15, 0.2) is 57.7 Å². The maximum absolute atomic E-state index is 12.3. The summed E-state index contributed by atoms with van der Waals surface area (Å²) in [4.78, 5) is 14.4. The average Bonchev–Trinajstić information content (AvgIpc) is 2.54. The van der Waals surface area contributed by atoms with Crippen molar-refractivity contribution in [3.8, 4) is 16.9 Å². The Bertz CT molecular complexity index is 912. The number of ether oxygens (including phenoxy) is 1. The molecule has 0 saturated heterocycles. The SMILES string of the molecule is Cc1ccc2oc(=O)c(-c3cccc(OCCN(C)C)c3)cc2c1. The molecule has 2 aromatic carbocycles. The molecule has 1 heterocycles. The topological polar surface area (TPSA) is 42.7 Å². The lowest BCUT2D eigenvalue weighted by atomic mass is 10.0. The molecule has 0 spiro atoms. The third-order valence-corrected chi connectivity index (χ3v) is 3.84. The predicted molar refractivity (Wildman–Crippen MR) is 96.7 cm³/mol. The lowest BCUT2D eigenvalue weighted by molar-refractivity contribution is 0.261. The molecule has 0 amide bonds. The molecule has 0 atom stereocenters. The molecule has 0 unspecified atom stereocenters. The quantitative estimate of drug-likeness (QED) is 0.671. The highest BCUT2D eigenvalue weighted by atomic mass is 16.5. The summed E-state index contributed by atoms with van der Waals surface area (Å²) in [5, 5.41) is 0.920. The first-order chi connectivity index (χ1) is 11.5. The van der Waals surface area contributed by atoms with Gasteiger partial charge in [-0.1, -0.05) is 23.8 Å². The molecule has 0 fully saturated rings. The van der Waals surface area contributed by atoms with Gasteiger partial charge in [-0.3, -0.25) is 0 Å². The van der Waals surface area contributed by atoms with Crippen LogP contribution in [0.5, 0.6) is 5.75 Å². The largest absolute Gasteiger partial charge is 0.492 e. The van der Waals surface area contributed by atoms with Gasteiger partial charge in [-0.05, 0) is 56.9 Å². The van der Waals surface area contributed by atoms with Crippen LogP contribution in [0.25, 0.3) is 22.1 Å². The molecule has 3 aromatic rings. The van der Waals surface area contributed by atoms with E-state index in [2.05, 4.69) is 4.90 Å². The first-order valence-electron chi connectivity index (χ1n) is 7.95. The summed E-state index contributed by atoms with van der Waals surface area (Å²) in [5.74, 6) is 0.748. The van der Waals surface area contributed by atoms with Crippen molar-refractivity contribution in [3.63, 3.8) is 0 Å². The number of nitrogens with zero attached hydrogens (tertiary/aromatic N) is 1. The van der Waals surface area contributed by atoms with Gasteiger partial charge in [0, 0.05) is 11.9 Å². The van der Waals surface area contributed by atoms with E-state index in [1.165, 1.54) is 0 Å². The molecular weight excluding hydrogens is 302 g/mol. The molecule has 0 radical (unpaired) electrons. The average molecular weight is 323 g/mol. The van der Waals surface area contributed by atoms with Crippen molar-refractivity contribution in [2.24, 2.45) is 0 Å². The highest BCUT2D eigenvalue weighted by molar-refractivity contribution is 5.82. The molecule has 0 aliphatic heterocycles. The number of hydrogen-bond donors (Lipinski definition) is 0. The Labute approximate surface area is 141 Å². The molecular formula is C20H21NO3. The molecule has 0 N–H and O–H groups in total. The lowest BCUT2D eigenvalue weighted by Gasteiger charge is -2.11. The number of hydrogen-bond acceptors (Lipinski definition) is 4. The van der Waals surface area contributed by atoms with Gasteiger partial charge >= 0.3 is 5.63 Å². The Hall–Kier alpha value is -2.59. The second-order valence-corrected chi connectivity index (χ2v) is 6.17. The number of benzene rings is 2. The van der Waals surface area contributed by atoms with Gasteiger partial charge in [0.1, 0.15) is 17.9 Å². The van der Waals surface area contributed by atoms with E-state index >= 15 is 0 Å². The van der Waals surface area contributed by atoms with E-state index in [0.29, 0.717) is 17.8 Å². The monoisotopic (exact) mass is 323 g/mol. The minimum Gasteiger partial charge on any atom is -0.492 e. The van der Waals surface area contributed by atoms with Gasteiger partial charge in [-0.25, -0.2) is 4.79 Å². The molecule has 0 saturated carbocycles. The predicted octanol–water partition coefficient (Wildman–Crippen LogP) is 3.71. The summed E-state index contributed by atoms with van der Waals surface area (Å²) in [6, 6.07) is 15.2. The molecule has 3 rings (SSSR count). The first kappa shape index (κ1) is 16.3. The van der Waals surface area contributed by atoms with Gasteiger partial charge in [0.2, 0.25) is 0 Å². The summed E-state index contributed by atoms with van der Waals surface area (Å²) < 4.78 is 11.2. The Kier molecular flexibility index (Phi) is 4.67. The molecule has 124 valence electrons. The molecule has 4 heteroatoms. The Morgan fingerprint density at radius 2 is 1.92 bits per heavy atom. The van der Waals surface area contributed by atoms with Crippen LogP contribution in [0, 0.1) is 6.92 Å². The summed E-state index contributed by atoms with van der Waals surface area (Å²) in [7, 11) is 4.00. The zero-order chi connectivity index (χ0) is 17.1. The standard InChI is InChI=1S/C20H21NO3/c1-14-7-8-19-16(11-14)13-18(20(22)24-19)15-5-4-6-17(12-15)23-10-9-21(2)3/h4-8,11-13H,9-10H2,1-3H3. The van der Waals surface area contributed by atoms with Crippen molar-refractivity contribution in [3.05, 3.63) is 64.5 Å². The zero-order valence-corrected chi connectivity index (χ0v) is 14.2. The van der Waals surface area contributed by atoms with Crippen LogP contribution in [-0.2, 0) is 0 Å². The van der Waals surface area contributed by atoms with E-state index in [-0.39, 0.29) is 5.63 Å². The smallest absolute Gasteiger partial charge is 0.344 e. The third kappa shape index (κ3) is 3.66. The Morgan fingerprint density at radius 1 is 1.08 bits per heavy atom. The Balaban J connectivity index is 1.95. The minimum atomic E-state index is -0.336. The van der Waals surface area contributed by atoms with E-state index in [9.17, 15) is 4.79 Å². The fourth-order valence-corrected chi connectivity index (χ4v) is 2.54. The van der Waals surface area contributed by atoms with E-state index in [0.717, 1.165) is 28.8 Å². The van der Waals surface area contributed by atoms with Crippen LogP contribution in [0.1, 0.15) is 5.56 Å². The van der Waals surface area contributed by atoms with Crippen LogP contribution in [0.4, 0.5) is 0 Å². The van der Waals surface area contributed by atoms with Crippen molar-refractivity contribution < 1.29 is 9.15 Å². The molecule has 0 aliphatic carbocycles. The molecule has 0 aliphatic rings. The van der Waals surface area contributed by atoms with Crippen LogP contribution < -0.4 is 10.4 Å². The highest BCUT2D eigenvalue weighted by Gasteiger charge is 2.09. The van der Waals surface area contributed by atoms with E-state index < -0.39 is 0 Å². The van der Waals surface area contributed by atoms with Gasteiger partial charge in [0.25, 0.3) is 0 Å². The van der Waals surface area contributed by atoms with Crippen molar-refractivity contribution >= 4 is 11.0 Å². The molecule has 4 nitrogen and oxygen atoms in total. The normalized spacial score (nSPS) is 11.2. The van der Waals surface area contributed by atoms with E-state index in [4.69, 9.17) is 9.15 Å². The maximum Gasteiger partial charge on any atom is 0.344 e. The first-order valence-corrected chi connectivity index (χ1v) is 7.95. The van der Waals surface area contributed by atoms with Crippen molar-refractivity contribution in [1.29, 1.82) is 0 Å². The van der Waals surface area contributed by atoms with Gasteiger partial charge in [0.15, 0.2) is 0 Å². The van der Waals surface area contributed by atoms with E-state index in [1.807, 2.05) is 69.6 Å². The number of fused-ring (bicyclic) bond motifs is 1. The zero-order valence-electron chi connectivity index (χ0n) is 14.2. The van der Waals surface area contributed by atoms with Crippen LogP contribution in [0.3, 0.4) is 0 Å². The van der Waals surface area contributed by atoms with Gasteiger partial charge in [-0.15, -0.1) is 0 Å². The number of aryl methyl sites for hydroxylation is 1. The van der Waals surface area contributed by atoms with Crippen molar-refractivity contribution in [2.45, 2.75) is 6.92 Å². The number of likely N-dealkylation sites (N-methyl/N-ethyl adjacent to an activating group) is 1. The van der Waals surface area contributed by atoms with Gasteiger partial charge < -0.3 is 14.1 Å². The van der Waals surface area contributed by atoms with Gasteiger partial charge in [-0.2, -0.15) is 0 Å². The summed E-state index contributed by atoms with van der Waals surface area (Å²) in [5.41, 5.74) is 2.74. The summed E-state index contributed by atoms with van der Waals surface area (Å²) in [6.45, 7) is 3.45. The second-order valence-electron chi connectivity index (χ2n) is 6.17. The van der Waals surface area contributed by atoms with Crippen LogP contribution in [-0.4, -0.2) is 32.1 Å². The minimum absolute atomic E-state index is 0.336. The fourth-order valence-electron chi connectivity index (χ4n) is 2.54. The lowest BCUT2D eigenvalue weighted by Crippen LogP contribution is -2.19. The van der Waals surface area contributed by atoms with Crippen molar-refractivity contribution in [2.75, 3.05) is 27.2 Å². The van der Waals surface area contributed by atoms with Crippen LogP contribution in [0.2, 0.25) is 0 Å². The maximum atomic E-state index is 12.3. The molecule has 0 bridgehead atoms. The summed E-state index contributed by atoms with van der Waals surface area (Å²) in [6.07, 6.45) is 0. The van der Waals surface area contributed by atoms with Crippen LogP contribution >= 0.6 is 0 Å². The second kappa shape index (κ2) is 6.89. The Morgan fingerprint density at radius 3 is 2.71 bits per heavy atom. The fraction of sp³-hybridized carbons (Fsp3) is 0.250. The molecule has 24 heavy (non-hydrogen) atoms. The highest BCUT2D eigenvalue weighted by Crippen LogP contribution is 2.25. The van der Waals surface area contributed by atoms with E-state index in [1.54, 1.807) is 0 Å². The van der Waals surface area contributed by atoms with Gasteiger partial charge in [0.05, 0.1) is 5.56 Å². The third-order valence-electron chi connectivity index (χ3n) is 3.84.